The van der Waals surface area contributed by atoms with E-state index in [1.807, 2.05) is 6.07 Å². The zero-order valence-electron chi connectivity index (χ0n) is 7.59. The van der Waals surface area contributed by atoms with Crippen molar-refractivity contribution in [2.24, 2.45) is 0 Å². The summed E-state index contributed by atoms with van der Waals surface area (Å²) >= 11 is 11.6. The van der Waals surface area contributed by atoms with E-state index in [0.29, 0.717) is 10.9 Å². The Morgan fingerprint density at radius 3 is 2.87 bits per heavy atom. The van der Waals surface area contributed by atoms with Gasteiger partial charge in [0.15, 0.2) is 0 Å². The predicted octanol–water partition coefficient (Wildman–Crippen LogP) is 3.66. The Hall–Kier alpha value is -0.140. The highest BCUT2D eigenvalue weighted by molar-refractivity contribution is 14.1. The number of nitrogens with zero attached hydrogens (tertiary/aromatic N) is 2. The lowest BCUT2D eigenvalue weighted by atomic mass is 10.2. The highest BCUT2D eigenvalue weighted by atomic mass is 127. The van der Waals surface area contributed by atoms with Gasteiger partial charge in [-0.1, -0.05) is 11.6 Å². The maximum atomic E-state index is 6.03. The number of ether oxygens (including phenoxy) is 1. The average molecular weight is 399 g/mol. The molecule has 0 aliphatic heterocycles. The molecule has 6 heteroatoms. The van der Waals surface area contributed by atoms with Gasteiger partial charge < -0.3 is 4.74 Å². The van der Waals surface area contributed by atoms with Crippen LogP contribution in [-0.4, -0.2) is 17.1 Å². The smallest absolute Gasteiger partial charge is 0.144 e. The lowest BCUT2D eigenvalue weighted by Gasteiger charge is -2.09. The van der Waals surface area contributed by atoms with Crippen LogP contribution < -0.4 is 4.74 Å². The summed E-state index contributed by atoms with van der Waals surface area (Å²) in [6.07, 6.45) is 1.43. The first-order valence-electron chi connectivity index (χ1n) is 3.97. The molecule has 1 heterocycles. The summed E-state index contributed by atoms with van der Waals surface area (Å²) in [7, 11) is 1.61. The molecule has 3 nitrogen and oxygen atoms in total. The van der Waals surface area contributed by atoms with E-state index in [9.17, 15) is 0 Å². The second-order valence-electron chi connectivity index (χ2n) is 2.76. The average Bonchev–Trinajstić information content (AvgIpc) is 2.20. The molecule has 0 N–H and O–H groups in total. The molecular formula is C9H5BrClIN2O. The summed E-state index contributed by atoms with van der Waals surface area (Å²) in [6.45, 7) is 0. The Labute approximate surface area is 113 Å². The minimum Gasteiger partial charge on any atom is -0.495 e. The number of fused-ring (bicyclic) bond motifs is 1. The molecule has 2 rings (SSSR count). The molecule has 0 bridgehead atoms. The van der Waals surface area contributed by atoms with E-state index in [0.717, 1.165) is 18.9 Å². The first-order chi connectivity index (χ1) is 7.15. The van der Waals surface area contributed by atoms with Crippen molar-refractivity contribution in [2.75, 3.05) is 7.11 Å². The molecule has 0 fully saturated rings. The van der Waals surface area contributed by atoms with Crippen LogP contribution in [0, 0.1) is 3.57 Å². The van der Waals surface area contributed by atoms with Gasteiger partial charge in [0.1, 0.15) is 17.2 Å². The number of hydrogen-bond acceptors (Lipinski definition) is 3. The molecule has 0 saturated carbocycles. The molecular weight excluding hydrogens is 394 g/mol. The Morgan fingerprint density at radius 2 is 2.20 bits per heavy atom. The first kappa shape index (κ1) is 11.3. The van der Waals surface area contributed by atoms with Gasteiger partial charge in [-0.3, -0.25) is 0 Å². The predicted molar refractivity (Wildman–Crippen MR) is 71.5 cm³/mol. The van der Waals surface area contributed by atoms with E-state index < -0.39 is 0 Å². The van der Waals surface area contributed by atoms with Gasteiger partial charge in [-0.05, 0) is 44.6 Å². The van der Waals surface area contributed by atoms with E-state index in [1.165, 1.54) is 6.33 Å². The summed E-state index contributed by atoms with van der Waals surface area (Å²) < 4.78 is 7.15. The summed E-state index contributed by atoms with van der Waals surface area (Å²) in [6, 6.07) is 1.94. The van der Waals surface area contributed by atoms with Crippen LogP contribution in [0.1, 0.15) is 0 Å². The molecule has 0 spiro atoms. The Bertz CT molecular complexity index is 535. The minimum atomic E-state index is 0.399. The van der Waals surface area contributed by atoms with Crippen molar-refractivity contribution in [3.63, 3.8) is 0 Å². The molecule has 0 atom stereocenters. The van der Waals surface area contributed by atoms with Gasteiger partial charge in [0.25, 0.3) is 0 Å². The van der Waals surface area contributed by atoms with Crippen LogP contribution in [0.5, 0.6) is 5.75 Å². The standard InChI is InChI=1S/C9H5BrClIN2O/c1-15-8-5(12)2-4(10)7-6(8)9(11)14-3-13-7/h2-3H,1H3. The van der Waals surface area contributed by atoms with Gasteiger partial charge in [0.05, 0.1) is 21.6 Å². The van der Waals surface area contributed by atoms with E-state index in [1.54, 1.807) is 7.11 Å². The van der Waals surface area contributed by atoms with Gasteiger partial charge in [-0.25, -0.2) is 9.97 Å². The topological polar surface area (TPSA) is 35.0 Å². The molecule has 15 heavy (non-hydrogen) atoms. The molecule has 2 aromatic rings. The van der Waals surface area contributed by atoms with Crippen LogP contribution in [0.15, 0.2) is 16.9 Å². The minimum absolute atomic E-state index is 0.399. The lowest BCUT2D eigenvalue weighted by Crippen LogP contribution is -1.93. The third kappa shape index (κ3) is 1.92. The van der Waals surface area contributed by atoms with Crippen LogP contribution in [0.3, 0.4) is 0 Å². The van der Waals surface area contributed by atoms with Gasteiger partial charge in [-0.2, -0.15) is 0 Å². The monoisotopic (exact) mass is 398 g/mol. The first-order valence-corrected chi connectivity index (χ1v) is 6.22. The van der Waals surface area contributed by atoms with Crippen LogP contribution in [0.25, 0.3) is 10.9 Å². The van der Waals surface area contributed by atoms with Crippen molar-refractivity contribution < 1.29 is 4.74 Å². The molecule has 1 aromatic heterocycles. The van der Waals surface area contributed by atoms with Crippen molar-refractivity contribution in [1.82, 2.24) is 9.97 Å². The second-order valence-corrected chi connectivity index (χ2v) is 5.14. The number of aromatic nitrogens is 2. The van der Waals surface area contributed by atoms with Crippen molar-refractivity contribution in [2.45, 2.75) is 0 Å². The van der Waals surface area contributed by atoms with E-state index >= 15 is 0 Å². The number of hydrogen-bond donors (Lipinski definition) is 0. The maximum Gasteiger partial charge on any atom is 0.144 e. The van der Waals surface area contributed by atoms with Crippen molar-refractivity contribution >= 4 is 61.0 Å². The van der Waals surface area contributed by atoms with Crippen LogP contribution >= 0.6 is 50.1 Å². The fourth-order valence-electron chi connectivity index (χ4n) is 1.31. The van der Waals surface area contributed by atoms with Gasteiger partial charge in [-0.15, -0.1) is 0 Å². The summed E-state index contributed by atoms with van der Waals surface area (Å²) in [4.78, 5) is 8.11. The zero-order chi connectivity index (χ0) is 11.0. The highest BCUT2D eigenvalue weighted by Gasteiger charge is 2.14. The van der Waals surface area contributed by atoms with Crippen molar-refractivity contribution in [3.05, 3.63) is 25.6 Å². The molecule has 0 aliphatic rings. The normalized spacial score (nSPS) is 10.7. The van der Waals surface area contributed by atoms with Crippen LogP contribution in [0.2, 0.25) is 5.15 Å². The van der Waals surface area contributed by atoms with Crippen LogP contribution in [-0.2, 0) is 0 Å². The Balaban J connectivity index is 2.98. The third-order valence-corrected chi connectivity index (χ3v) is 3.62. The second kappa shape index (κ2) is 4.39. The third-order valence-electron chi connectivity index (χ3n) is 1.93. The van der Waals surface area contributed by atoms with Crippen LogP contribution in [0.4, 0.5) is 0 Å². The number of rotatable bonds is 1. The fraction of sp³-hybridized carbons (Fsp3) is 0.111. The fourth-order valence-corrected chi connectivity index (χ4v) is 3.29. The maximum absolute atomic E-state index is 6.03. The zero-order valence-corrected chi connectivity index (χ0v) is 12.1. The molecule has 0 radical (unpaired) electrons. The molecule has 0 amide bonds. The Kier molecular flexibility index (Phi) is 3.32. The molecule has 0 unspecified atom stereocenters. The number of halogens is 3. The van der Waals surface area contributed by atoms with E-state index in [4.69, 9.17) is 16.3 Å². The quantitative estimate of drug-likeness (QED) is 0.542. The van der Waals surface area contributed by atoms with Gasteiger partial charge in [0, 0.05) is 4.47 Å². The van der Waals surface area contributed by atoms with Gasteiger partial charge in [0.2, 0.25) is 0 Å². The van der Waals surface area contributed by atoms with E-state index in [2.05, 4.69) is 48.5 Å². The molecule has 0 aliphatic carbocycles. The molecule has 0 saturated heterocycles. The Morgan fingerprint density at radius 1 is 1.47 bits per heavy atom. The summed E-state index contributed by atoms with van der Waals surface area (Å²) in [5.41, 5.74) is 0.757. The van der Waals surface area contributed by atoms with Gasteiger partial charge >= 0.3 is 0 Å². The number of benzene rings is 1. The van der Waals surface area contributed by atoms with Crippen molar-refractivity contribution in [3.8, 4) is 5.75 Å². The summed E-state index contributed by atoms with van der Waals surface area (Å²) in [5, 5.41) is 1.14. The SMILES string of the molecule is COc1c(I)cc(Br)c2ncnc(Cl)c12. The number of methoxy groups -OCH3 is 1. The van der Waals surface area contributed by atoms with E-state index in [-0.39, 0.29) is 0 Å². The highest BCUT2D eigenvalue weighted by Crippen LogP contribution is 2.37. The lowest BCUT2D eigenvalue weighted by molar-refractivity contribution is 0.416. The summed E-state index contributed by atoms with van der Waals surface area (Å²) in [5.74, 6) is 0.708. The largest absolute Gasteiger partial charge is 0.495 e. The molecule has 1 aromatic carbocycles. The molecule has 78 valence electrons. The van der Waals surface area contributed by atoms with Crippen molar-refractivity contribution in [1.29, 1.82) is 0 Å².